The Hall–Kier alpha value is -0.960. The smallest absolute Gasteiger partial charge is 0.293 e. The third-order valence-corrected chi connectivity index (χ3v) is 4.83. The number of hydrogen-bond donors (Lipinski definition) is 0. The first kappa shape index (κ1) is 15.9. The molecule has 2 aromatic heterocycles. The number of nitrogens with zero attached hydrogens (tertiary/aromatic N) is 4. The van der Waals surface area contributed by atoms with Crippen molar-refractivity contribution in [2.75, 3.05) is 6.54 Å². The van der Waals surface area contributed by atoms with E-state index in [0.29, 0.717) is 46.9 Å². The van der Waals surface area contributed by atoms with Gasteiger partial charge in [-0.2, -0.15) is 13.2 Å². The highest BCUT2D eigenvalue weighted by Gasteiger charge is 2.35. The van der Waals surface area contributed by atoms with Crippen LogP contribution in [0.25, 0.3) is 0 Å². The zero-order valence-electron chi connectivity index (χ0n) is 11.0. The van der Waals surface area contributed by atoms with Crippen LogP contribution in [0.3, 0.4) is 0 Å². The summed E-state index contributed by atoms with van der Waals surface area (Å²) in [6.07, 6.45) is -2.83. The van der Waals surface area contributed by atoms with E-state index in [1.807, 2.05) is 0 Å². The first-order valence-electron chi connectivity index (χ1n) is 6.28. The van der Waals surface area contributed by atoms with Gasteiger partial charge in [-0.05, 0) is 0 Å². The van der Waals surface area contributed by atoms with Gasteiger partial charge in [-0.25, -0.2) is 15.0 Å². The van der Waals surface area contributed by atoms with Crippen LogP contribution in [0, 0.1) is 0 Å². The largest absolute Gasteiger partial charge is 0.451 e. The van der Waals surface area contributed by atoms with Crippen molar-refractivity contribution in [1.82, 2.24) is 19.9 Å². The number of alkyl halides is 3. The summed E-state index contributed by atoms with van der Waals surface area (Å²) in [5.74, 6) is -1.09. The van der Waals surface area contributed by atoms with Crippen LogP contribution in [0.2, 0.25) is 9.62 Å². The SMILES string of the molecule is FC(F)(F)c1ncc2c(n1)CCN(Cc1sc(Cl)nc1Cl)C2. The van der Waals surface area contributed by atoms with Crippen LogP contribution in [0.1, 0.15) is 22.0 Å². The van der Waals surface area contributed by atoms with Gasteiger partial charge in [0, 0.05) is 37.8 Å². The van der Waals surface area contributed by atoms with E-state index >= 15 is 0 Å². The summed E-state index contributed by atoms with van der Waals surface area (Å²) < 4.78 is 38.2. The zero-order chi connectivity index (χ0) is 15.9. The lowest BCUT2D eigenvalue weighted by molar-refractivity contribution is -0.145. The molecule has 2 aromatic rings. The van der Waals surface area contributed by atoms with Crippen LogP contribution in [0.15, 0.2) is 6.20 Å². The van der Waals surface area contributed by atoms with Gasteiger partial charge in [-0.3, -0.25) is 4.90 Å². The summed E-state index contributed by atoms with van der Waals surface area (Å²) in [5.41, 5.74) is 1.15. The average Bonchev–Trinajstić information content (AvgIpc) is 2.75. The molecule has 1 aliphatic heterocycles. The second kappa shape index (κ2) is 5.92. The topological polar surface area (TPSA) is 41.9 Å². The molecule has 0 saturated carbocycles. The predicted molar refractivity (Wildman–Crippen MR) is 77.0 cm³/mol. The molecule has 0 saturated heterocycles. The minimum absolute atomic E-state index is 0.365. The normalized spacial score (nSPS) is 15.9. The Morgan fingerprint density at radius 2 is 2.05 bits per heavy atom. The molecule has 0 atom stereocenters. The van der Waals surface area contributed by atoms with E-state index in [4.69, 9.17) is 23.2 Å². The van der Waals surface area contributed by atoms with Crippen molar-refractivity contribution in [2.45, 2.75) is 25.7 Å². The van der Waals surface area contributed by atoms with E-state index in [1.54, 1.807) is 0 Å². The third kappa shape index (κ3) is 3.34. The van der Waals surface area contributed by atoms with Crippen LogP contribution in [-0.2, 0) is 25.7 Å². The molecule has 3 heterocycles. The number of fused-ring (bicyclic) bond motifs is 1. The summed E-state index contributed by atoms with van der Waals surface area (Å²) in [4.78, 5) is 13.9. The van der Waals surface area contributed by atoms with Gasteiger partial charge in [0.15, 0.2) is 4.47 Å². The molecule has 4 nitrogen and oxygen atoms in total. The molecule has 0 amide bonds. The molecular formula is C12H9Cl2F3N4S. The van der Waals surface area contributed by atoms with Gasteiger partial charge in [0.25, 0.3) is 0 Å². The standard InChI is InChI=1S/C12H9Cl2F3N4S/c13-9-8(22-11(14)20-9)5-21-2-1-7-6(4-21)3-18-10(19-7)12(15,16)17/h3H,1-2,4-5H2. The second-order valence-corrected chi connectivity index (χ2v) is 6.83. The maximum Gasteiger partial charge on any atom is 0.451 e. The van der Waals surface area contributed by atoms with E-state index in [1.165, 1.54) is 17.5 Å². The molecular weight excluding hydrogens is 360 g/mol. The van der Waals surface area contributed by atoms with E-state index in [9.17, 15) is 13.2 Å². The Bertz CT molecular complexity index is 704. The molecule has 10 heteroatoms. The van der Waals surface area contributed by atoms with Crippen LogP contribution < -0.4 is 0 Å². The fraction of sp³-hybridized carbons (Fsp3) is 0.417. The third-order valence-electron chi connectivity index (χ3n) is 3.26. The lowest BCUT2D eigenvalue weighted by atomic mass is 10.1. The van der Waals surface area contributed by atoms with Crippen molar-refractivity contribution >= 4 is 34.5 Å². The molecule has 0 N–H and O–H groups in total. The highest BCUT2D eigenvalue weighted by Crippen LogP contribution is 2.30. The van der Waals surface area contributed by atoms with Gasteiger partial charge in [0.2, 0.25) is 5.82 Å². The monoisotopic (exact) mass is 368 g/mol. The molecule has 0 aliphatic carbocycles. The van der Waals surface area contributed by atoms with Gasteiger partial charge in [0.05, 0.1) is 10.6 Å². The van der Waals surface area contributed by atoms with Gasteiger partial charge in [-0.15, -0.1) is 11.3 Å². The minimum atomic E-state index is -4.51. The van der Waals surface area contributed by atoms with Crippen molar-refractivity contribution in [3.63, 3.8) is 0 Å². The molecule has 3 rings (SSSR count). The fourth-order valence-corrected chi connectivity index (χ4v) is 3.69. The highest BCUT2D eigenvalue weighted by atomic mass is 35.5. The molecule has 0 fully saturated rings. The minimum Gasteiger partial charge on any atom is -0.293 e. The molecule has 0 aromatic carbocycles. The summed E-state index contributed by atoms with van der Waals surface area (Å²) in [5, 5.41) is 0.365. The van der Waals surface area contributed by atoms with Crippen molar-refractivity contribution in [3.8, 4) is 0 Å². The Morgan fingerprint density at radius 1 is 1.27 bits per heavy atom. The van der Waals surface area contributed by atoms with Crippen LogP contribution >= 0.6 is 34.5 Å². The summed E-state index contributed by atoms with van der Waals surface area (Å²) in [6, 6.07) is 0. The molecule has 0 radical (unpaired) electrons. The van der Waals surface area contributed by atoms with E-state index in [0.717, 1.165) is 4.88 Å². The second-order valence-electron chi connectivity index (χ2n) is 4.80. The Morgan fingerprint density at radius 3 is 2.68 bits per heavy atom. The van der Waals surface area contributed by atoms with Crippen molar-refractivity contribution in [2.24, 2.45) is 0 Å². The predicted octanol–water partition coefficient (Wildman–Crippen LogP) is 3.82. The lowest BCUT2D eigenvalue weighted by Crippen LogP contribution is -2.31. The summed E-state index contributed by atoms with van der Waals surface area (Å²) in [6.45, 7) is 1.61. The average molecular weight is 369 g/mol. The number of thiazole rings is 1. The van der Waals surface area contributed by atoms with E-state index < -0.39 is 12.0 Å². The molecule has 0 unspecified atom stereocenters. The summed E-state index contributed by atoms with van der Waals surface area (Å²) >= 11 is 13.1. The van der Waals surface area contributed by atoms with Gasteiger partial charge in [-0.1, -0.05) is 23.2 Å². The number of aromatic nitrogens is 3. The molecule has 118 valence electrons. The number of rotatable bonds is 2. The molecule has 22 heavy (non-hydrogen) atoms. The lowest BCUT2D eigenvalue weighted by Gasteiger charge is -2.27. The van der Waals surface area contributed by atoms with Gasteiger partial charge >= 0.3 is 6.18 Å². The van der Waals surface area contributed by atoms with E-state index in [2.05, 4.69) is 19.9 Å². The quantitative estimate of drug-likeness (QED) is 0.807. The maximum absolute atomic E-state index is 12.6. The van der Waals surface area contributed by atoms with Gasteiger partial charge < -0.3 is 0 Å². The number of halogens is 5. The van der Waals surface area contributed by atoms with Crippen LogP contribution in [0.5, 0.6) is 0 Å². The first-order chi connectivity index (χ1) is 10.3. The Labute approximate surface area is 137 Å². The zero-order valence-corrected chi connectivity index (χ0v) is 13.3. The van der Waals surface area contributed by atoms with Gasteiger partial charge in [0.1, 0.15) is 5.15 Å². The van der Waals surface area contributed by atoms with Crippen LogP contribution in [-0.4, -0.2) is 26.4 Å². The fourth-order valence-electron chi connectivity index (χ4n) is 2.25. The van der Waals surface area contributed by atoms with Crippen LogP contribution in [0.4, 0.5) is 13.2 Å². The van der Waals surface area contributed by atoms with Crippen molar-refractivity contribution < 1.29 is 13.2 Å². The number of hydrogen-bond acceptors (Lipinski definition) is 5. The molecule has 0 spiro atoms. The Balaban J connectivity index is 1.76. The molecule has 1 aliphatic rings. The highest BCUT2D eigenvalue weighted by molar-refractivity contribution is 7.16. The van der Waals surface area contributed by atoms with E-state index in [-0.39, 0.29) is 0 Å². The summed E-state index contributed by atoms with van der Waals surface area (Å²) in [7, 11) is 0. The Kier molecular flexibility index (Phi) is 4.28. The first-order valence-corrected chi connectivity index (χ1v) is 7.85. The maximum atomic E-state index is 12.6. The molecule has 0 bridgehead atoms. The van der Waals surface area contributed by atoms with Crippen molar-refractivity contribution in [1.29, 1.82) is 0 Å². The van der Waals surface area contributed by atoms with Crippen molar-refractivity contribution in [3.05, 3.63) is 37.8 Å².